The zero-order valence-corrected chi connectivity index (χ0v) is 11.3. The predicted molar refractivity (Wildman–Crippen MR) is 65.0 cm³/mol. The van der Waals surface area contributed by atoms with Gasteiger partial charge < -0.3 is 0 Å². The Balaban J connectivity index is 2.26. The fourth-order valence-electron chi connectivity index (χ4n) is 1.47. The van der Waals surface area contributed by atoms with Crippen LogP contribution in [0, 0.1) is 0 Å². The maximum absolute atomic E-state index is 12.2. The van der Waals surface area contributed by atoms with Crippen molar-refractivity contribution in [2.24, 2.45) is 0 Å². The summed E-state index contributed by atoms with van der Waals surface area (Å²) >= 11 is 4.58. The van der Waals surface area contributed by atoms with E-state index in [9.17, 15) is 8.42 Å². The van der Waals surface area contributed by atoms with E-state index in [0.717, 1.165) is 12.8 Å². The molecular weight excluding hydrogens is 298 g/mol. The van der Waals surface area contributed by atoms with Crippen LogP contribution in [0.15, 0.2) is 21.7 Å². The number of halogens is 1. The maximum Gasteiger partial charge on any atom is 0.252 e. The molecule has 15 heavy (non-hydrogen) atoms. The molecule has 6 heteroatoms. The van der Waals surface area contributed by atoms with Crippen molar-refractivity contribution < 1.29 is 8.42 Å². The lowest BCUT2D eigenvalue weighted by Crippen LogP contribution is -2.34. The van der Waals surface area contributed by atoms with Crippen LogP contribution in [0.25, 0.3) is 0 Å². The first-order valence-electron chi connectivity index (χ1n) is 4.77. The van der Waals surface area contributed by atoms with Crippen LogP contribution in [0.2, 0.25) is 0 Å². The maximum atomic E-state index is 12.2. The molecule has 1 saturated carbocycles. The Kier molecular flexibility index (Phi) is 3.49. The molecule has 0 aliphatic heterocycles. The van der Waals surface area contributed by atoms with Gasteiger partial charge in [0.05, 0.1) is 0 Å². The Bertz CT molecular complexity index is 411. The number of alkyl halides is 1. The predicted octanol–water partition coefficient (Wildman–Crippen LogP) is 2.30. The molecule has 1 heterocycles. The third kappa shape index (κ3) is 2.43. The summed E-state index contributed by atoms with van der Waals surface area (Å²) in [6.45, 7) is 0.560. The minimum atomic E-state index is -3.23. The van der Waals surface area contributed by atoms with Gasteiger partial charge in [-0.15, -0.1) is 11.3 Å². The molecule has 1 fully saturated rings. The van der Waals surface area contributed by atoms with E-state index in [1.54, 1.807) is 21.8 Å². The van der Waals surface area contributed by atoms with Gasteiger partial charge in [0, 0.05) is 17.9 Å². The molecule has 0 N–H and O–H groups in total. The lowest BCUT2D eigenvalue weighted by molar-refractivity contribution is 0.425. The van der Waals surface area contributed by atoms with Gasteiger partial charge in [-0.1, -0.05) is 22.0 Å². The van der Waals surface area contributed by atoms with Crippen molar-refractivity contribution in [1.29, 1.82) is 0 Å². The second-order valence-electron chi connectivity index (χ2n) is 3.47. The Morgan fingerprint density at radius 1 is 1.53 bits per heavy atom. The molecular formula is C9H12BrNO2S2. The molecule has 1 aromatic rings. The van der Waals surface area contributed by atoms with E-state index in [2.05, 4.69) is 15.9 Å². The first kappa shape index (κ1) is 11.6. The first-order valence-corrected chi connectivity index (χ1v) is 8.21. The molecule has 0 unspecified atom stereocenters. The number of hydrogen-bond donors (Lipinski definition) is 0. The highest BCUT2D eigenvalue weighted by atomic mass is 79.9. The monoisotopic (exact) mass is 309 g/mol. The van der Waals surface area contributed by atoms with E-state index in [4.69, 9.17) is 0 Å². The van der Waals surface area contributed by atoms with E-state index in [-0.39, 0.29) is 6.04 Å². The largest absolute Gasteiger partial charge is 0.252 e. The minimum Gasteiger partial charge on any atom is -0.206 e. The summed E-state index contributed by atoms with van der Waals surface area (Å²) in [5.74, 6) is 0. The average molecular weight is 310 g/mol. The van der Waals surface area contributed by atoms with Crippen molar-refractivity contribution in [2.45, 2.75) is 23.1 Å². The van der Waals surface area contributed by atoms with Crippen LogP contribution in [0.4, 0.5) is 0 Å². The standard InChI is InChI=1S/C9H12BrNO2S2/c10-5-6-11(8-3-4-8)15(12,13)9-2-1-7-14-9/h1-2,7-8H,3-6H2. The molecule has 3 nitrogen and oxygen atoms in total. The molecule has 1 aromatic heterocycles. The van der Waals surface area contributed by atoms with Gasteiger partial charge in [-0.3, -0.25) is 0 Å². The Morgan fingerprint density at radius 3 is 2.73 bits per heavy atom. The van der Waals surface area contributed by atoms with E-state index in [0.29, 0.717) is 16.1 Å². The number of sulfonamides is 1. The van der Waals surface area contributed by atoms with Gasteiger partial charge in [0.25, 0.3) is 10.0 Å². The molecule has 1 aliphatic rings. The highest BCUT2D eigenvalue weighted by Crippen LogP contribution is 2.33. The van der Waals surface area contributed by atoms with Crippen molar-refractivity contribution >= 4 is 37.3 Å². The summed E-state index contributed by atoms with van der Waals surface area (Å²) < 4.78 is 26.4. The van der Waals surface area contributed by atoms with Gasteiger partial charge in [-0.05, 0) is 24.3 Å². The fourth-order valence-corrected chi connectivity index (χ4v) is 4.89. The number of rotatable bonds is 5. The second-order valence-corrected chi connectivity index (χ2v) is 7.33. The molecule has 0 radical (unpaired) electrons. The number of nitrogens with zero attached hydrogens (tertiary/aromatic N) is 1. The van der Waals surface area contributed by atoms with Gasteiger partial charge in [0.2, 0.25) is 0 Å². The summed E-state index contributed by atoms with van der Waals surface area (Å²) in [7, 11) is -3.23. The molecule has 0 aromatic carbocycles. The van der Waals surface area contributed by atoms with Crippen LogP contribution >= 0.6 is 27.3 Å². The summed E-state index contributed by atoms with van der Waals surface area (Å²) in [4.78, 5) is 0. The third-order valence-corrected chi connectivity index (χ3v) is 6.00. The summed E-state index contributed by atoms with van der Waals surface area (Å²) in [5, 5.41) is 2.49. The van der Waals surface area contributed by atoms with Crippen LogP contribution < -0.4 is 0 Å². The van der Waals surface area contributed by atoms with Gasteiger partial charge in [-0.2, -0.15) is 4.31 Å². The molecule has 84 valence electrons. The van der Waals surface area contributed by atoms with Gasteiger partial charge in [0.15, 0.2) is 0 Å². The number of thiophene rings is 1. The van der Waals surface area contributed by atoms with Gasteiger partial charge in [0.1, 0.15) is 4.21 Å². The van der Waals surface area contributed by atoms with Gasteiger partial charge >= 0.3 is 0 Å². The summed E-state index contributed by atoms with van der Waals surface area (Å²) in [6.07, 6.45) is 2.00. The van der Waals surface area contributed by atoms with E-state index in [1.807, 2.05) is 0 Å². The normalized spacial score (nSPS) is 17.2. The molecule has 0 bridgehead atoms. The highest BCUT2D eigenvalue weighted by molar-refractivity contribution is 9.09. The van der Waals surface area contributed by atoms with Crippen LogP contribution in [-0.4, -0.2) is 30.6 Å². The topological polar surface area (TPSA) is 37.4 Å². The Labute approximate surface area is 102 Å². The minimum absolute atomic E-state index is 0.231. The molecule has 1 aliphatic carbocycles. The van der Waals surface area contributed by atoms with Crippen molar-refractivity contribution in [1.82, 2.24) is 4.31 Å². The van der Waals surface area contributed by atoms with Crippen molar-refractivity contribution in [3.05, 3.63) is 17.5 Å². The quantitative estimate of drug-likeness (QED) is 0.783. The Morgan fingerprint density at radius 2 is 2.27 bits per heavy atom. The zero-order valence-electron chi connectivity index (χ0n) is 8.10. The fraction of sp³-hybridized carbons (Fsp3) is 0.556. The van der Waals surface area contributed by atoms with Crippen LogP contribution in [0.5, 0.6) is 0 Å². The summed E-state index contributed by atoms with van der Waals surface area (Å²) in [5.41, 5.74) is 0. The van der Waals surface area contributed by atoms with E-state index in [1.165, 1.54) is 11.3 Å². The lowest BCUT2D eigenvalue weighted by Gasteiger charge is -2.19. The smallest absolute Gasteiger partial charge is 0.206 e. The number of hydrogen-bond acceptors (Lipinski definition) is 3. The van der Waals surface area contributed by atoms with E-state index < -0.39 is 10.0 Å². The van der Waals surface area contributed by atoms with Crippen molar-refractivity contribution in [2.75, 3.05) is 11.9 Å². The zero-order chi connectivity index (χ0) is 10.9. The Hall–Kier alpha value is 0.0900. The average Bonchev–Trinajstić information content (AvgIpc) is 2.86. The molecule has 0 spiro atoms. The van der Waals surface area contributed by atoms with Crippen molar-refractivity contribution in [3.63, 3.8) is 0 Å². The molecule has 0 amide bonds. The molecule has 0 atom stereocenters. The SMILES string of the molecule is O=S(=O)(c1cccs1)N(CCBr)C1CC1. The first-order chi connectivity index (χ1) is 7.16. The highest BCUT2D eigenvalue weighted by Gasteiger charge is 2.37. The second kappa shape index (κ2) is 4.53. The van der Waals surface area contributed by atoms with Crippen LogP contribution in [-0.2, 0) is 10.0 Å². The van der Waals surface area contributed by atoms with E-state index >= 15 is 0 Å². The molecule has 2 rings (SSSR count). The van der Waals surface area contributed by atoms with Crippen LogP contribution in [0.3, 0.4) is 0 Å². The van der Waals surface area contributed by atoms with Crippen molar-refractivity contribution in [3.8, 4) is 0 Å². The van der Waals surface area contributed by atoms with Crippen LogP contribution in [0.1, 0.15) is 12.8 Å². The lowest BCUT2D eigenvalue weighted by atomic mass is 10.6. The summed E-state index contributed by atoms with van der Waals surface area (Å²) in [6, 6.07) is 3.68. The third-order valence-electron chi connectivity index (χ3n) is 2.32. The molecule has 0 saturated heterocycles. The van der Waals surface area contributed by atoms with Gasteiger partial charge in [-0.25, -0.2) is 8.42 Å².